The zero-order valence-electron chi connectivity index (χ0n) is 20.1. The summed E-state index contributed by atoms with van der Waals surface area (Å²) in [6, 6.07) is 8.19. The van der Waals surface area contributed by atoms with E-state index in [1.54, 1.807) is 6.20 Å². The van der Waals surface area contributed by atoms with Crippen LogP contribution in [0.3, 0.4) is 0 Å². The van der Waals surface area contributed by atoms with Crippen molar-refractivity contribution in [3.8, 4) is 11.3 Å². The number of hydrogen-bond donors (Lipinski definition) is 3. The number of nitrogens with zero attached hydrogens (tertiary/aromatic N) is 3. The van der Waals surface area contributed by atoms with Crippen LogP contribution in [-0.2, 0) is 10.4 Å². The van der Waals surface area contributed by atoms with Gasteiger partial charge in [-0.2, -0.15) is 0 Å². The maximum atomic E-state index is 13.0. The van der Waals surface area contributed by atoms with Crippen LogP contribution in [0.1, 0.15) is 62.3 Å². The Morgan fingerprint density at radius 2 is 1.83 bits per heavy atom. The fourth-order valence-corrected chi connectivity index (χ4v) is 4.83. The van der Waals surface area contributed by atoms with E-state index in [2.05, 4.69) is 36.2 Å². The Morgan fingerprint density at radius 3 is 2.44 bits per heavy atom. The normalized spacial score (nSPS) is 15.5. The zero-order chi connectivity index (χ0) is 26.3. The number of alkyl halides is 2. The van der Waals surface area contributed by atoms with Gasteiger partial charge in [0.05, 0.1) is 11.4 Å². The predicted molar refractivity (Wildman–Crippen MR) is 137 cm³/mol. The van der Waals surface area contributed by atoms with Crippen molar-refractivity contribution in [3.63, 3.8) is 0 Å². The zero-order valence-corrected chi connectivity index (χ0v) is 21.7. The number of hydrogen-bond acceptors (Lipinski definition) is 6. The number of nitrogens with one attached hydrogen (secondary N) is 1. The number of anilines is 2. The van der Waals surface area contributed by atoms with Gasteiger partial charge in [0.2, 0.25) is 0 Å². The Kier molecular flexibility index (Phi) is 9.44. The molecule has 1 aliphatic carbocycles. The molecule has 0 aromatic carbocycles. The van der Waals surface area contributed by atoms with Gasteiger partial charge in [0.15, 0.2) is 0 Å². The van der Waals surface area contributed by atoms with Crippen molar-refractivity contribution in [2.45, 2.75) is 58.0 Å². The molecule has 0 saturated heterocycles. The second-order valence-corrected chi connectivity index (χ2v) is 9.70. The molecule has 0 radical (unpaired) electrons. The molecular weight excluding hydrogens is 534 g/mol. The highest BCUT2D eigenvalue weighted by atomic mass is 79.9. The van der Waals surface area contributed by atoms with Gasteiger partial charge in [-0.25, -0.2) is 18.7 Å². The van der Waals surface area contributed by atoms with Crippen LogP contribution in [0.15, 0.2) is 47.2 Å². The molecule has 1 fully saturated rings. The molecule has 1 atom stereocenters. The monoisotopic (exact) mass is 562 g/mol. The number of aromatic nitrogens is 3. The summed E-state index contributed by atoms with van der Waals surface area (Å²) in [5.74, 6) is 0.994. The van der Waals surface area contributed by atoms with Crippen LogP contribution in [-0.4, -0.2) is 31.6 Å². The average molecular weight is 563 g/mol. The first-order chi connectivity index (χ1) is 17.2. The summed E-state index contributed by atoms with van der Waals surface area (Å²) >= 11 is 3.61. The third-order valence-corrected chi connectivity index (χ3v) is 7.39. The number of rotatable bonds is 6. The van der Waals surface area contributed by atoms with Gasteiger partial charge >= 0.3 is 0 Å². The Balaban J connectivity index is 0.00000115. The van der Waals surface area contributed by atoms with Gasteiger partial charge in [-0.1, -0.05) is 19.3 Å². The average Bonchev–Trinajstić information content (AvgIpc) is 2.87. The number of carboxylic acid groups (broad SMARTS) is 1. The molecule has 192 valence electrons. The topological polar surface area (TPSA) is 108 Å². The van der Waals surface area contributed by atoms with E-state index in [9.17, 15) is 13.9 Å². The minimum atomic E-state index is -2.57. The van der Waals surface area contributed by atoms with Gasteiger partial charge in [0.25, 0.3) is 12.9 Å². The van der Waals surface area contributed by atoms with Crippen LogP contribution >= 0.6 is 15.9 Å². The molecule has 0 spiro atoms. The number of carbonyl (C=O) groups is 1. The van der Waals surface area contributed by atoms with E-state index >= 15 is 0 Å². The Bertz CT molecular complexity index is 1170. The van der Waals surface area contributed by atoms with Crippen LogP contribution in [0.2, 0.25) is 0 Å². The van der Waals surface area contributed by atoms with E-state index in [0.717, 1.165) is 41.3 Å². The third-order valence-electron chi connectivity index (χ3n) is 6.39. The Hall–Kier alpha value is -2.98. The Labute approximate surface area is 217 Å². The van der Waals surface area contributed by atoms with Crippen LogP contribution < -0.4 is 5.32 Å². The van der Waals surface area contributed by atoms with E-state index in [1.165, 1.54) is 24.8 Å². The van der Waals surface area contributed by atoms with Crippen LogP contribution in [0.5, 0.6) is 0 Å². The van der Waals surface area contributed by atoms with Crippen molar-refractivity contribution >= 4 is 34.0 Å². The minimum absolute atomic E-state index is 0.105. The molecule has 3 N–H and O–H groups in total. The van der Waals surface area contributed by atoms with Gasteiger partial charge in [0.1, 0.15) is 17.2 Å². The van der Waals surface area contributed by atoms with Crippen LogP contribution in [0.4, 0.5) is 20.4 Å². The SMILES string of the molecule is Cc1cc(Nc2cc(C(F)F)ccn2)nc(-c2ccc(C(C)(O)C3CCCCC3)nc2)c1Br.O=CO. The smallest absolute Gasteiger partial charge is 0.290 e. The maximum Gasteiger partial charge on any atom is 0.290 e. The summed E-state index contributed by atoms with van der Waals surface area (Å²) in [5, 5.41) is 21.1. The molecule has 10 heteroatoms. The molecule has 36 heavy (non-hydrogen) atoms. The van der Waals surface area contributed by atoms with Crippen molar-refractivity contribution in [2.24, 2.45) is 5.92 Å². The highest BCUT2D eigenvalue weighted by Gasteiger charge is 2.35. The van der Waals surface area contributed by atoms with Crippen molar-refractivity contribution < 1.29 is 23.8 Å². The summed E-state index contributed by atoms with van der Waals surface area (Å²) in [6.07, 6.45) is 6.03. The summed E-state index contributed by atoms with van der Waals surface area (Å²) in [6.45, 7) is 3.54. The molecule has 0 bridgehead atoms. The highest BCUT2D eigenvalue weighted by molar-refractivity contribution is 9.10. The van der Waals surface area contributed by atoms with Crippen molar-refractivity contribution in [1.29, 1.82) is 0 Å². The molecule has 7 nitrogen and oxygen atoms in total. The molecule has 0 aliphatic heterocycles. The number of aryl methyl sites for hydroxylation is 1. The molecular formula is C26H29BrF2N4O3. The molecule has 3 heterocycles. The largest absolute Gasteiger partial charge is 0.483 e. The molecule has 1 aliphatic rings. The fourth-order valence-electron chi connectivity index (χ4n) is 4.40. The van der Waals surface area contributed by atoms with E-state index in [1.807, 2.05) is 32.0 Å². The number of aliphatic hydroxyl groups is 1. The second-order valence-electron chi connectivity index (χ2n) is 8.91. The lowest BCUT2D eigenvalue weighted by molar-refractivity contribution is -0.122. The molecule has 4 rings (SSSR count). The van der Waals surface area contributed by atoms with E-state index in [0.29, 0.717) is 23.0 Å². The van der Waals surface area contributed by atoms with Gasteiger partial charge in [0, 0.05) is 28.0 Å². The molecule has 1 saturated carbocycles. The highest BCUT2D eigenvalue weighted by Crippen LogP contribution is 2.39. The van der Waals surface area contributed by atoms with E-state index in [-0.39, 0.29) is 18.0 Å². The van der Waals surface area contributed by atoms with Crippen molar-refractivity contribution in [2.75, 3.05) is 5.32 Å². The van der Waals surface area contributed by atoms with Gasteiger partial charge < -0.3 is 15.5 Å². The number of pyridine rings is 3. The minimum Gasteiger partial charge on any atom is -0.483 e. The fraction of sp³-hybridized carbons (Fsp3) is 0.385. The lowest BCUT2D eigenvalue weighted by atomic mass is 9.76. The van der Waals surface area contributed by atoms with Crippen LogP contribution in [0, 0.1) is 12.8 Å². The molecule has 3 aromatic heterocycles. The molecule has 3 aromatic rings. The summed E-state index contributed by atoms with van der Waals surface area (Å²) in [5.41, 5.74) is 1.96. The lowest BCUT2D eigenvalue weighted by Crippen LogP contribution is -2.34. The van der Waals surface area contributed by atoms with Crippen molar-refractivity contribution in [1.82, 2.24) is 15.0 Å². The quantitative estimate of drug-likeness (QED) is 0.284. The number of halogens is 3. The lowest BCUT2D eigenvalue weighted by Gasteiger charge is -2.35. The standard InChI is InChI=1S/C25H27BrF2N4O.CH2O2/c1-15-12-21(31-20-13-16(24(27)28)10-11-29-20)32-23(22(15)26)17-8-9-19(30-14-17)25(2,33)18-6-4-3-5-7-18;2-1-3/h8-14,18,24,33H,3-7H2,1-2H3,(H,29,31,32);1H,(H,2,3). The summed E-state index contributed by atoms with van der Waals surface area (Å²) < 4.78 is 26.9. The first-order valence-corrected chi connectivity index (χ1v) is 12.4. The van der Waals surface area contributed by atoms with Gasteiger partial charge in [-0.3, -0.25) is 9.78 Å². The van der Waals surface area contributed by atoms with E-state index < -0.39 is 12.0 Å². The second kappa shape index (κ2) is 12.3. The van der Waals surface area contributed by atoms with E-state index in [4.69, 9.17) is 9.90 Å². The summed E-state index contributed by atoms with van der Waals surface area (Å²) in [7, 11) is 0. The van der Waals surface area contributed by atoms with Gasteiger partial charge in [-0.15, -0.1) is 0 Å². The third kappa shape index (κ3) is 6.61. The molecule has 1 unspecified atom stereocenters. The first-order valence-electron chi connectivity index (χ1n) is 11.6. The first kappa shape index (κ1) is 27.6. The molecule has 0 amide bonds. The van der Waals surface area contributed by atoms with Gasteiger partial charge in [-0.05, 0) is 84.4 Å². The summed E-state index contributed by atoms with van der Waals surface area (Å²) in [4.78, 5) is 21.7. The van der Waals surface area contributed by atoms with Crippen LogP contribution in [0.25, 0.3) is 11.3 Å². The van der Waals surface area contributed by atoms with Crippen molar-refractivity contribution in [3.05, 3.63) is 64.0 Å². The Morgan fingerprint density at radius 1 is 1.14 bits per heavy atom. The maximum absolute atomic E-state index is 13.0. The predicted octanol–water partition coefficient (Wildman–Crippen LogP) is 6.78.